The topological polar surface area (TPSA) is 38.0 Å². The molecule has 3 nitrogen and oxygen atoms in total. The fourth-order valence-corrected chi connectivity index (χ4v) is 1.66. The molecule has 1 unspecified atom stereocenters. The van der Waals surface area contributed by atoms with Crippen LogP contribution < -0.4 is 0 Å². The first-order chi connectivity index (χ1) is 7.65. The van der Waals surface area contributed by atoms with Crippen LogP contribution in [0.25, 0.3) is 0 Å². The van der Waals surface area contributed by atoms with Crippen LogP contribution in [0.5, 0.6) is 0 Å². The van der Waals surface area contributed by atoms with Crippen molar-refractivity contribution in [1.29, 1.82) is 0 Å². The van der Waals surface area contributed by atoms with E-state index in [-0.39, 0.29) is 0 Å². The Hall–Kier alpha value is -1.32. The Labute approximate surface area is 99.3 Å². The first kappa shape index (κ1) is 11.2. The molecule has 2 aromatic rings. The van der Waals surface area contributed by atoms with E-state index in [1.54, 1.807) is 23.0 Å². The molecule has 4 heteroatoms. The van der Waals surface area contributed by atoms with E-state index in [1.807, 2.05) is 25.3 Å². The summed E-state index contributed by atoms with van der Waals surface area (Å²) < 4.78 is 1.73. The summed E-state index contributed by atoms with van der Waals surface area (Å²) in [5.41, 5.74) is 1.93. The van der Waals surface area contributed by atoms with Crippen molar-refractivity contribution < 1.29 is 5.11 Å². The van der Waals surface area contributed by atoms with Crippen molar-refractivity contribution in [2.75, 3.05) is 0 Å². The molecule has 0 fully saturated rings. The van der Waals surface area contributed by atoms with Crippen LogP contribution in [-0.4, -0.2) is 14.9 Å². The van der Waals surface area contributed by atoms with Gasteiger partial charge in [-0.3, -0.25) is 4.68 Å². The van der Waals surface area contributed by atoms with Gasteiger partial charge >= 0.3 is 0 Å². The van der Waals surface area contributed by atoms with E-state index in [0.717, 1.165) is 11.1 Å². The van der Waals surface area contributed by atoms with Crippen LogP contribution in [0.15, 0.2) is 36.7 Å². The van der Waals surface area contributed by atoms with E-state index in [1.165, 1.54) is 0 Å². The van der Waals surface area contributed by atoms with Crippen LogP contribution in [0.3, 0.4) is 0 Å². The molecule has 1 aromatic carbocycles. The number of aromatic nitrogens is 2. The zero-order chi connectivity index (χ0) is 11.5. The molecule has 0 saturated carbocycles. The Balaban J connectivity index is 2.08. The number of benzene rings is 1. The predicted molar refractivity (Wildman–Crippen MR) is 63.4 cm³/mol. The Morgan fingerprint density at radius 2 is 2.06 bits per heavy atom. The third-order valence-electron chi connectivity index (χ3n) is 2.38. The number of aliphatic hydroxyl groups excluding tert-OH is 1. The molecule has 0 aliphatic rings. The zero-order valence-electron chi connectivity index (χ0n) is 8.97. The second-order valence-electron chi connectivity index (χ2n) is 3.81. The van der Waals surface area contributed by atoms with Gasteiger partial charge in [0.1, 0.15) is 0 Å². The van der Waals surface area contributed by atoms with Crippen LogP contribution in [0, 0.1) is 6.92 Å². The Morgan fingerprint density at radius 3 is 2.62 bits per heavy atom. The van der Waals surface area contributed by atoms with Gasteiger partial charge in [-0.25, -0.2) is 0 Å². The maximum Gasteiger partial charge on any atom is 0.0985 e. The largest absolute Gasteiger partial charge is 0.386 e. The zero-order valence-corrected chi connectivity index (χ0v) is 9.72. The molecule has 1 aromatic heterocycles. The highest BCUT2D eigenvalue weighted by atomic mass is 35.5. The van der Waals surface area contributed by atoms with Crippen molar-refractivity contribution in [3.05, 3.63) is 52.8 Å². The molecular formula is C12H13ClN2O. The molecule has 1 N–H and O–H groups in total. The lowest BCUT2D eigenvalue weighted by Gasteiger charge is -2.10. The number of aryl methyl sites for hydroxylation is 1. The predicted octanol–water partition coefficient (Wildman–Crippen LogP) is 2.58. The average Bonchev–Trinajstić information content (AvgIpc) is 2.65. The Bertz CT molecular complexity index is 464. The fourth-order valence-electron chi connectivity index (χ4n) is 1.53. The number of nitrogens with zero attached hydrogens (tertiary/aromatic N) is 2. The van der Waals surface area contributed by atoms with Crippen molar-refractivity contribution in [3.8, 4) is 0 Å². The quantitative estimate of drug-likeness (QED) is 0.890. The summed E-state index contributed by atoms with van der Waals surface area (Å²) in [7, 11) is 0. The fraction of sp³-hybridized carbons (Fsp3) is 0.250. The van der Waals surface area contributed by atoms with E-state index < -0.39 is 6.10 Å². The van der Waals surface area contributed by atoms with Gasteiger partial charge in [0.15, 0.2) is 0 Å². The number of hydrogen-bond acceptors (Lipinski definition) is 2. The summed E-state index contributed by atoms with van der Waals surface area (Å²) in [4.78, 5) is 0. The maximum absolute atomic E-state index is 9.97. The number of rotatable bonds is 3. The van der Waals surface area contributed by atoms with Crippen molar-refractivity contribution in [1.82, 2.24) is 9.78 Å². The van der Waals surface area contributed by atoms with Crippen LogP contribution in [0.4, 0.5) is 0 Å². The van der Waals surface area contributed by atoms with Gasteiger partial charge < -0.3 is 5.11 Å². The van der Waals surface area contributed by atoms with E-state index in [2.05, 4.69) is 5.10 Å². The summed E-state index contributed by atoms with van der Waals surface area (Å²) in [6.07, 6.45) is 3.12. The maximum atomic E-state index is 9.97. The number of hydrogen-bond donors (Lipinski definition) is 1. The summed E-state index contributed by atoms with van der Waals surface area (Å²) in [5, 5.41) is 14.8. The third kappa shape index (κ3) is 2.62. The lowest BCUT2D eigenvalue weighted by molar-refractivity contribution is 0.151. The van der Waals surface area contributed by atoms with Crippen molar-refractivity contribution >= 4 is 11.6 Å². The molecular weight excluding hydrogens is 224 g/mol. The van der Waals surface area contributed by atoms with Crippen LogP contribution in [-0.2, 0) is 6.54 Å². The van der Waals surface area contributed by atoms with Gasteiger partial charge in [-0.1, -0.05) is 23.7 Å². The van der Waals surface area contributed by atoms with E-state index in [9.17, 15) is 5.11 Å². The lowest BCUT2D eigenvalue weighted by atomic mass is 10.1. The molecule has 84 valence electrons. The van der Waals surface area contributed by atoms with Gasteiger partial charge in [0.2, 0.25) is 0 Å². The second-order valence-corrected chi connectivity index (χ2v) is 4.24. The minimum Gasteiger partial charge on any atom is -0.386 e. The van der Waals surface area contributed by atoms with Gasteiger partial charge in [0, 0.05) is 11.2 Å². The highest BCUT2D eigenvalue weighted by Crippen LogP contribution is 2.17. The summed E-state index contributed by atoms with van der Waals surface area (Å²) in [5.74, 6) is 0. The molecule has 0 amide bonds. The van der Waals surface area contributed by atoms with Crippen molar-refractivity contribution in [2.24, 2.45) is 0 Å². The molecule has 2 rings (SSSR count). The van der Waals surface area contributed by atoms with Gasteiger partial charge in [-0.2, -0.15) is 5.10 Å². The van der Waals surface area contributed by atoms with E-state index >= 15 is 0 Å². The molecule has 0 aliphatic carbocycles. The Kier molecular flexibility index (Phi) is 3.27. The van der Waals surface area contributed by atoms with Gasteiger partial charge in [-0.05, 0) is 30.2 Å². The second kappa shape index (κ2) is 4.68. The molecule has 0 aliphatic heterocycles. The average molecular weight is 237 g/mol. The minimum atomic E-state index is -0.559. The van der Waals surface area contributed by atoms with Crippen LogP contribution in [0.2, 0.25) is 5.02 Å². The molecule has 16 heavy (non-hydrogen) atoms. The van der Waals surface area contributed by atoms with Gasteiger partial charge in [0.05, 0.1) is 18.8 Å². The monoisotopic (exact) mass is 236 g/mol. The molecule has 0 spiro atoms. The Morgan fingerprint density at radius 1 is 1.38 bits per heavy atom. The van der Waals surface area contributed by atoms with Crippen molar-refractivity contribution in [2.45, 2.75) is 19.6 Å². The first-order valence-electron chi connectivity index (χ1n) is 5.08. The number of aliphatic hydroxyl groups is 1. The SMILES string of the molecule is Cc1cnn(CC(O)c2ccc(Cl)cc2)c1. The van der Waals surface area contributed by atoms with Crippen LogP contribution in [0.1, 0.15) is 17.2 Å². The van der Waals surface area contributed by atoms with E-state index in [4.69, 9.17) is 11.6 Å². The standard InChI is InChI=1S/C12H13ClN2O/c1-9-6-14-15(7-9)8-12(16)10-2-4-11(13)5-3-10/h2-7,12,16H,8H2,1H3. The number of halogens is 1. The summed E-state index contributed by atoms with van der Waals surface area (Å²) >= 11 is 5.78. The summed E-state index contributed by atoms with van der Waals surface area (Å²) in [6.45, 7) is 2.42. The van der Waals surface area contributed by atoms with Crippen molar-refractivity contribution in [3.63, 3.8) is 0 Å². The molecule has 1 heterocycles. The first-order valence-corrected chi connectivity index (χ1v) is 5.45. The molecule has 0 radical (unpaired) electrons. The molecule has 0 bridgehead atoms. The summed E-state index contributed by atoms with van der Waals surface area (Å²) in [6, 6.07) is 7.19. The van der Waals surface area contributed by atoms with Gasteiger partial charge in [0.25, 0.3) is 0 Å². The normalized spacial score (nSPS) is 12.7. The molecule has 1 atom stereocenters. The highest BCUT2D eigenvalue weighted by molar-refractivity contribution is 6.30. The molecule has 0 saturated heterocycles. The lowest BCUT2D eigenvalue weighted by Crippen LogP contribution is -2.08. The van der Waals surface area contributed by atoms with Gasteiger partial charge in [-0.15, -0.1) is 0 Å². The highest BCUT2D eigenvalue weighted by Gasteiger charge is 2.08. The van der Waals surface area contributed by atoms with E-state index in [0.29, 0.717) is 11.6 Å². The smallest absolute Gasteiger partial charge is 0.0985 e. The minimum absolute atomic E-state index is 0.454. The van der Waals surface area contributed by atoms with Crippen LogP contribution >= 0.6 is 11.6 Å². The third-order valence-corrected chi connectivity index (χ3v) is 2.63.